The summed E-state index contributed by atoms with van der Waals surface area (Å²) in [6, 6.07) is 14.8. The maximum atomic E-state index is 12.8. The van der Waals surface area contributed by atoms with Crippen molar-refractivity contribution in [2.45, 2.75) is 13.5 Å². The van der Waals surface area contributed by atoms with Gasteiger partial charge in [0.2, 0.25) is 5.91 Å². The van der Waals surface area contributed by atoms with Gasteiger partial charge in [-0.15, -0.1) is 0 Å². The molecule has 1 fully saturated rings. The fraction of sp³-hybridized carbons (Fsp3) is 0.240. The van der Waals surface area contributed by atoms with Gasteiger partial charge in [0.15, 0.2) is 0 Å². The fourth-order valence-electron chi connectivity index (χ4n) is 3.55. The molecule has 0 atom stereocenters. The Kier molecular flexibility index (Phi) is 6.85. The number of nitrogens with two attached hydrogens (primary N) is 1. The molecule has 1 aliphatic rings. The summed E-state index contributed by atoms with van der Waals surface area (Å²) in [7, 11) is 0. The second-order valence-corrected chi connectivity index (χ2v) is 7.80. The number of aryl methyl sites for hydroxylation is 1. The van der Waals surface area contributed by atoms with Crippen LogP contribution in [0.25, 0.3) is 0 Å². The van der Waals surface area contributed by atoms with E-state index in [1.54, 1.807) is 6.07 Å². The first kappa shape index (κ1) is 22.3. The van der Waals surface area contributed by atoms with Crippen molar-refractivity contribution in [2.24, 2.45) is 5.73 Å². The van der Waals surface area contributed by atoms with Crippen molar-refractivity contribution in [3.05, 3.63) is 83.2 Å². The molecule has 4 rings (SSSR count). The summed E-state index contributed by atoms with van der Waals surface area (Å²) in [4.78, 5) is 30.3. The maximum Gasteiger partial charge on any atom is 0.255 e. The normalized spacial score (nSPS) is 13.4. The lowest BCUT2D eigenvalue weighted by atomic mass is 10.1. The Bertz CT molecular complexity index is 1140. The molecule has 1 aromatic heterocycles. The Morgan fingerprint density at radius 1 is 1.06 bits per heavy atom. The first-order valence-corrected chi connectivity index (χ1v) is 10.7. The van der Waals surface area contributed by atoms with Gasteiger partial charge in [-0.1, -0.05) is 6.07 Å². The van der Waals surface area contributed by atoms with E-state index in [1.807, 2.05) is 49.4 Å². The van der Waals surface area contributed by atoms with Crippen LogP contribution in [-0.4, -0.2) is 43.1 Å². The Labute approximate surface area is 192 Å². The van der Waals surface area contributed by atoms with Crippen LogP contribution in [0.1, 0.15) is 31.8 Å². The highest BCUT2D eigenvalue weighted by Crippen LogP contribution is 2.21. The van der Waals surface area contributed by atoms with Crippen molar-refractivity contribution in [1.82, 2.24) is 4.98 Å². The van der Waals surface area contributed by atoms with Gasteiger partial charge in [-0.2, -0.15) is 0 Å². The largest absolute Gasteiger partial charge is 0.487 e. The first-order chi connectivity index (χ1) is 16.0. The van der Waals surface area contributed by atoms with Crippen LogP contribution in [0.15, 0.2) is 60.9 Å². The molecule has 0 unspecified atom stereocenters. The van der Waals surface area contributed by atoms with Gasteiger partial charge >= 0.3 is 0 Å². The van der Waals surface area contributed by atoms with Crippen molar-refractivity contribution in [3.8, 4) is 5.75 Å². The van der Waals surface area contributed by atoms with Gasteiger partial charge in [0, 0.05) is 36.2 Å². The van der Waals surface area contributed by atoms with Crippen LogP contribution in [0.3, 0.4) is 0 Å². The summed E-state index contributed by atoms with van der Waals surface area (Å²) in [5.74, 6) is -0.301. The zero-order valence-electron chi connectivity index (χ0n) is 18.4. The third-order valence-corrected chi connectivity index (χ3v) is 5.50. The molecule has 2 amide bonds. The zero-order valence-corrected chi connectivity index (χ0v) is 18.4. The summed E-state index contributed by atoms with van der Waals surface area (Å²) in [5.41, 5.74) is 9.83. The number of pyridine rings is 1. The Hall–Kier alpha value is -3.91. The predicted octanol–water partition coefficient (Wildman–Crippen LogP) is 3.16. The molecular formula is C25H26N4O4. The molecule has 170 valence electrons. The lowest BCUT2D eigenvalue weighted by Crippen LogP contribution is -2.36. The van der Waals surface area contributed by atoms with Crippen LogP contribution in [-0.2, 0) is 11.3 Å². The van der Waals surface area contributed by atoms with Crippen molar-refractivity contribution in [2.75, 3.05) is 36.5 Å². The van der Waals surface area contributed by atoms with E-state index < -0.39 is 5.91 Å². The van der Waals surface area contributed by atoms with Crippen LogP contribution < -0.4 is 20.7 Å². The summed E-state index contributed by atoms with van der Waals surface area (Å²) < 4.78 is 11.2. The van der Waals surface area contributed by atoms with Crippen LogP contribution in [0.5, 0.6) is 5.75 Å². The Balaban J connectivity index is 1.40. The minimum atomic E-state index is -0.563. The van der Waals surface area contributed by atoms with Gasteiger partial charge in [-0.25, -0.2) is 0 Å². The molecule has 0 radical (unpaired) electrons. The van der Waals surface area contributed by atoms with E-state index in [0.29, 0.717) is 17.0 Å². The number of nitrogens with zero attached hydrogens (tertiary/aromatic N) is 2. The molecule has 0 bridgehead atoms. The average Bonchev–Trinajstić information content (AvgIpc) is 2.85. The molecule has 0 saturated carbocycles. The summed E-state index contributed by atoms with van der Waals surface area (Å²) >= 11 is 0. The zero-order chi connectivity index (χ0) is 23.2. The number of nitrogens with one attached hydrogen (secondary N) is 1. The number of amides is 2. The molecule has 8 heteroatoms. The van der Waals surface area contributed by atoms with Gasteiger partial charge in [0.1, 0.15) is 12.4 Å². The number of morpholine rings is 1. The molecule has 3 aromatic rings. The first-order valence-electron chi connectivity index (χ1n) is 10.7. The smallest absolute Gasteiger partial charge is 0.255 e. The quantitative estimate of drug-likeness (QED) is 0.577. The van der Waals surface area contributed by atoms with Gasteiger partial charge in [-0.05, 0) is 60.5 Å². The number of benzene rings is 2. The summed E-state index contributed by atoms with van der Waals surface area (Å²) in [5, 5.41) is 2.95. The van der Waals surface area contributed by atoms with Crippen LogP contribution in [0, 0.1) is 6.92 Å². The lowest BCUT2D eigenvalue weighted by molar-refractivity contribution is 0.0997. The van der Waals surface area contributed by atoms with E-state index in [2.05, 4.69) is 15.2 Å². The third-order valence-electron chi connectivity index (χ3n) is 5.50. The number of ether oxygens (including phenoxy) is 2. The summed E-state index contributed by atoms with van der Waals surface area (Å²) in [6.45, 7) is 5.36. The highest BCUT2D eigenvalue weighted by atomic mass is 16.5. The Morgan fingerprint density at radius 3 is 2.55 bits per heavy atom. The molecule has 1 aliphatic heterocycles. The molecule has 2 aromatic carbocycles. The van der Waals surface area contributed by atoms with Crippen molar-refractivity contribution in [1.29, 1.82) is 0 Å². The number of aromatic nitrogens is 1. The summed E-state index contributed by atoms with van der Waals surface area (Å²) in [6.07, 6.45) is 2.91. The van der Waals surface area contributed by atoms with E-state index >= 15 is 0 Å². The fourth-order valence-corrected chi connectivity index (χ4v) is 3.55. The van der Waals surface area contributed by atoms with Gasteiger partial charge in [0.05, 0.1) is 25.0 Å². The van der Waals surface area contributed by atoms with E-state index in [4.69, 9.17) is 15.2 Å². The van der Waals surface area contributed by atoms with Crippen molar-refractivity contribution >= 4 is 23.2 Å². The number of carbonyl (C=O) groups excluding carboxylic acids is 2. The average molecular weight is 447 g/mol. The predicted molar refractivity (Wildman–Crippen MR) is 126 cm³/mol. The van der Waals surface area contributed by atoms with Crippen LogP contribution in [0.4, 0.5) is 11.4 Å². The molecule has 33 heavy (non-hydrogen) atoms. The highest BCUT2D eigenvalue weighted by Gasteiger charge is 2.13. The molecule has 2 heterocycles. The minimum Gasteiger partial charge on any atom is -0.487 e. The maximum absolute atomic E-state index is 12.8. The molecule has 1 saturated heterocycles. The molecule has 0 spiro atoms. The monoisotopic (exact) mass is 446 g/mol. The van der Waals surface area contributed by atoms with E-state index in [1.165, 1.54) is 12.4 Å². The lowest BCUT2D eigenvalue weighted by Gasteiger charge is -2.28. The highest BCUT2D eigenvalue weighted by molar-refractivity contribution is 6.04. The van der Waals surface area contributed by atoms with E-state index in [0.717, 1.165) is 43.1 Å². The van der Waals surface area contributed by atoms with Crippen molar-refractivity contribution in [3.63, 3.8) is 0 Å². The molecule has 8 nitrogen and oxygen atoms in total. The van der Waals surface area contributed by atoms with Crippen LogP contribution >= 0.6 is 0 Å². The molecule has 3 N–H and O–H groups in total. The topological polar surface area (TPSA) is 107 Å². The molecular weight excluding hydrogens is 420 g/mol. The van der Waals surface area contributed by atoms with Gasteiger partial charge in [0.25, 0.3) is 5.91 Å². The SMILES string of the molecule is Cc1ccc(NC(=O)c2ccc(N3CCOCC3)cc2)cc1COc1cncc(C(N)=O)c1. The van der Waals surface area contributed by atoms with E-state index in [-0.39, 0.29) is 18.1 Å². The molecule has 0 aliphatic carbocycles. The second-order valence-electron chi connectivity index (χ2n) is 7.80. The van der Waals surface area contributed by atoms with E-state index in [9.17, 15) is 9.59 Å². The number of rotatable bonds is 7. The second kappa shape index (κ2) is 10.1. The van der Waals surface area contributed by atoms with Gasteiger partial charge < -0.3 is 25.4 Å². The number of primary amides is 1. The Morgan fingerprint density at radius 2 is 1.82 bits per heavy atom. The number of anilines is 2. The number of carbonyl (C=O) groups is 2. The third kappa shape index (κ3) is 5.67. The van der Waals surface area contributed by atoms with Crippen LogP contribution in [0.2, 0.25) is 0 Å². The van der Waals surface area contributed by atoms with Gasteiger partial charge in [-0.3, -0.25) is 14.6 Å². The number of hydrogen-bond acceptors (Lipinski definition) is 6. The standard InChI is InChI=1S/C25H26N4O4/c1-17-2-5-21(12-20(17)16-33-23-13-19(24(26)30)14-27-15-23)28-25(31)18-3-6-22(7-4-18)29-8-10-32-11-9-29/h2-7,12-15H,8-11,16H2,1H3,(H2,26,30)(H,28,31). The minimum absolute atomic E-state index is 0.183. The van der Waals surface area contributed by atoms with Crippen molar-refractivity contribution < 1.29 is 19.1 Å². The number of hydrogen-bond donors (Lipinski definition) is 2.